The molecule has 0 atom stereocenters. The van der Waals surface area contributed by atoms with Gasteiger partial charge in [-0.2, -0.15) is 8.42 Å². The molecule has 16 heavy (non-hydrogen) atoms. The van der Waals surface area contributed by atoms with E-state index in [1.165, 1.54) is 31.4 Å². The van der Waals surface area contributed by atoms with E-state index in [1.807, 2.05) is 0 Å². The lowest BCUT2D eigenvalue weighted by Crippen LogP contribution is -1.93. The van der Waals surface area contributed by atoms with E-state index in [0.717, 1.165) is 12.1 Å². The highest BCUT2D eigenvalue weighted by atomic mass is 32.3. The van der Waals surface area contributed by atoms with Crippen LogP contribution in [0.15, 0.2) is 35.2 Å². The molecule has 0 amide bonds. The maximum absolute atomic E-state index is 12.5. The largest absolute Gasteiger partial charge is 0.466 e. The number of carbonyl (C=O) groups excluding carboxylic acids is 1. The molecule has 0 aliphatic heterocycles. The van der Waals surface area contributed by atoms with Gasteiger partial charge in [-0.15, -0.1) is 3.89 Å². The van der Waals surface area contributed by atoms with E-state index in [1.54, 1.807) is 0 Å². The fraction of sp³-hybridized carbons (Fsp3) is 0.100. The van der Waals surface area contributed by atoms with Gasteiger partial charge >= 0.3 is 16.2 Å². The first kappa shape index (κ1) is 12.4. The molecule has 0 saturated carbocycles. The lowest BCUT2D eigenvalue weighted by molar-refractivity contribution is -0.134. The summed E-state index contributed by atoms with van der Waals surface area (Å²) in [6.45, 7) is 0. The molecule has 86 valence electrons. The van der Waals surface area contributed by atoms with Crippen molar-refractivity contribution < 1.29 is 21.8 Å². The summed E-state index contributed by atoms with van der Waals surface area (Å²) in [4.78, 5) is 10.3. The van der Waals surface area contributed by atoms with Crippen molar-refractivity contribution in [3.05, 3.63) is 35.9 Å². The molecule has 0 N–H and O–H groups in total. The number of carbonyl (C=O) groups is 1. The molecule has 0 aliphatic carbocycles. The Bertz CT molecular complexity index is 502. The van der Waals surface area contributed by atoms with E-state index in [9.17, 15) is 17.1 Å². The molecule has 6 heteroatoms. The summed E-state index contributed by atoms with van der Waals surface area (Å²) in [7, 11) is -3.43. The van der Waals surface area contributed by atoms with Gasteiger partial charge in [-0.05, 0) is 23.8 Å². The van der Waals surface area contributed by atoms with Crippen LogP contribution < -0.4 is 0 Å². The zero-order valence-corrected chi connectivity index (χ0v) is 9.20. The number of hydrogen-bond donors (Lipinski definition) is 0. The SMILES string of the molecule is COC(=O)/C=C/c1ccc(S(=O)(=O)F)cc1. The van der Waals surface area contributed by atoms with Crippen LogP contribution in [0.5, 0.6) is 0 Å². The first-order valence-corrected chi connectivity index (χ1v) is 5.62. The van der Waals surface area contributed by atoms with Gasteiger partial charge in [-0.3, -0.25) is 0 Å². The van der Waals surface area contributed by atoms with Crippen LogP contribution in [0.25, 0.3) is 6.08 Å². The van der Waals surface area contributed by atoms with E-state index in [4.69, 9.17) is 0 Å². The monoisotopic (exact) mass is 244 g/mol. The molecule has 0 spiro atoms. The van der Waals surface area contributed by atoms with Crippen molar-refractivity contribution in [2.75, 3.05) is 7.11 Å². The molecule has 0 saturated heterocycles. The first-order valence-electron chi connectivity index (χ1n) is 4.24. The molecule has 0 aliphatic rings. The average Bonchev–Trinajstić information content (AvgIpc) is 2.25. The van der Waals surface area contributed by atoms with Crippen LogP contribution in [0, 0.1) is 0 Å². The zero-order valence-electron chi connectivity index (χ0n) is 8.38. The van der Waals surface area contributed by atoms with Gasteiger partial charge < -0.3 is 4.74 Å². The van der Waals surface area contributed by atoms with Crippen molar-refractivity contribution >= 4 is 22.3 Å². The standard InChI is InChI=1S/C10H9FO4S/c1-15-10(12)7-4-8-2-5-9(6-3-8)16(11,13)14/h2-7H,1H3/b7-4+. The summed E-state index contributed by atoms with van der Waals surface area (Å²) >= 11 is 0. The Hall–Kier alpha value is -1.69. The van der Waals surface area contributed by atoms with Gasteiger partial charge in [0.25, 0.3) is 0 Å². The highest BCUT2D eigenvalue weighted by Crippen LogP contribution is 2.13. The van der Waals surface area contributed by atoms with Crippen LogP contribution in [-0.4, -0.2) is 21.5 Å². The van der Waals surface area contributed by atoms with Crippen LogP contribution in [0.3, 0.4) is 0 Å². The van der Waals surface area contributed by atoms with Crippen molar-refractivity contribution in [1.82, 2.24) is 0 Å². The Morgan fingerprint density at radius 2 is 1.88 bits per heavy atom. The Labute approximate surface area is 92.6 Å². The molecule has 0 unspecified atom stereocenters. The van der Waals surface area contributed by atoms with Crippen molar-refractivity contribution in [2.45, 2.75) is 4.90 Å². The molecule has 0 heterocycles. The summed E-state index contributed by atoms with van der Waals surface area (Å²) in [6.07, 6.45) is 2.61. The van der Waals surface area contributed by atoms with E-state index in [0.29, 0.717) is 5.56 Å². The van der Waals surface area contributed by atoms with Gasteiger partial charge in [-0.1, -0.05) is 12.1 Å². The molecule has 0 bridgehead atoms. The fourth-order valence-electron chi connectivity index (χ4n) is 0.974. The normalized spacial score (nSPS) is 11.6. The van der Waals surface area contributed by atoms with Gasteiger partial charge in [0.15, 0.2) is 0 Å². The Morgan fingerprint density at radius 3 is 2.31 bits per heavy atom. The molecule has 1 aromatic rings. The summed E-state index contributed by atoms with van der Waals surface area (Å²) in [5.74, 6) is -0.526. The summed E-state index contributed by atoms with van der Waals surface area (Å²) in [5, 5.41) is 0. The molecule has 1 aromatic carbocycles. The third kappa shape index (κ3) is 3.47. The fourth-order valence-corrected chi connectivity index (χ4v) is 1.43. The highest BCUT2D eigenvalue weighted by Gasteiger charge is 2.10. The van der Waals surface area contributed by atoms with Gasteiger partial charge in [-0.25, -0.2) is 4.79 Å². The lowest BCUT2D eigenvalue weighted by Gasteiger charge is -1.96. The molecule has 0 radical (unpaired) electrons. The number of hydrogen-bond acceptors (Lipinski definition) is 4. The quantitative estimate of drug-likeness (QED) is 0.459. The topological polar surface area (TPSA) is 60.4 Å². The minimum Gasteiger partial charge on any atom is -0.466 e. The number of methoxy groups -OCH3 is 1. The van der Waals surface area contributed by atoms with Crippen molar-refractivity contribution in [3.8, 4) is 0 Å². The van der Waals surface area contributed by atoms with Gasteiger partial charge in [0, 0.05) is 6.08 Å². The zero-order chi connectivity index (χ0) is 12.2. The summed E-state index contributed by atoms with van der Waals surface area (Å²) in [6, 6.07) is 5.00. The van der Waals surface area contributed by atoms with E-state index < -0.39 is 21.1 Å². The van der Waals surface area contributed by atoms with Crippen molar-refractivity contribution in [3.63, 3.8) is 0 Å². The molecule has 4 nitrogen and oxygen atoms in total. The summed E-state index contributed by atoms with van der Waals surface area (Å²) in [5.41, 5.74) is 0.567. The first-order chi connectivity index (χ1) is 7.43. The number of halogens is 1. The number of rotatable bonds is 3. The maximum Gasteiger partial charge on any atom is 0.332 e. The predicted octanol–water partition coefficient (Wildman–Crippen LogP) is 1.53. The minimum absolute atomic E-state index is 0.414. The van der Waals surface area contributed by atoms with E-state index in [-0.39, 0.29) is 0 Å². The van der Waals surface area contributed by atoms with Crippen molar-refractivity contribution in [2.24, 2.45) is 0 Å². The molecule has 0 aromatic heterocycles. The Balaban J connectivity index is 2.88. The lowest BCUT2D eigenvalue weighted by atomic mass is 10.2. The molecular formula is C10H9FO4S. The molecule has 0 fully saturated rings. The smallest absolute Gasteiger partial charge is 0.332 e. The summed E-state index contributed by atoms with van der Waals surface area (Å²) < 4.78 is 37.9. The number of ether oxygens (including phenoxy) is 1. The van der Waals surface area contributed by atoms with Gasteiger partial charge in [0.05, 0.1) is 12.0 Å². The van der Waals surface area contributed by atoms with Gasteiger partial charge in [0.1, 0.15) is 0 Å². The third-order valence-corrected chi connectivity index (χ3v) is 2.61. The van der Waals surface area contributed by atoms with Crippen LogP contribution in [0.1, 0.15) is 5.56 Å². The average molecular weight is 244 g/mol. The Morgan fingerprint density at radius 1 is 1.31 bits per heavy atom. The van der Waals surface area contributed by atoms with Crippen LogP contribution in [0.4, 0.5) is 3.89 Å². The minimum atomic E-state index is -4.67. The van der Waals surface area contributed by atoms with Gasteiger partial charge in [0.2, 0.25) is 0 Å². The maximum atomic E-state index is 12.5. The van der Waals surface area contributed by atoms with Crippen molar-refractivity contribution in [1.29, 1.82) is 0 Å². The second-order valence-corrected chi connectivity index (χ2v) is 4.21. The predicted molar refractivity (Wildman–Crippen MR) is 55.8 cm³/mol. The second-order valence-electron chi connectivity index (χ2n) is 2.86. The molecular weight excluding hydrogens is 235 g/mol. The molecule has 1 rings (SSSR count). The van der Waals surface area contributed by atoms with E-state index >= 15 is 0 Å². The van der Waals surface area contributed by atoms with Crippen LogP contribution >= 0.6 is 0 Å². The Kier molecular flexibility index (Phi) is 3.78. The third-order valence-electron chi connectivity index (χ3n) is 1.77. The number of esters is 1. The second kappa shape index (κ2) is 4.89. The van der Waals surface area contributed by atoms with E-state index in [2.05, 4.69) is 4.74 Å². The number of benzene rings is 1. The van der Waals surface area contributed by atoms with Crippen LogP contribution in [-0.2, 0) is 19.8 Å². The van der Waals surface area contributed by atoms with Crippen LogP contribution in [0.2, 0.25) is 0 Å². The highest BCUT2D eigenvalue weighted by molar-refractivity contribution is 7.86.